The molecule has 2 nitrogen and oxygen atoms in total. The molecule has 58 heavy (non-hydrogen) atoms. The van der Waals surface area contributed by atoms with Crippen LogP contribution in [0.1, 0.15) is 0 Å². The predicted molar refractivity (Wildman–Crippen MR) is 247 cm³/mol. The number of aromatic nitrogens is 1. The molecule has 0 saturated heterocycles. The van der Waals surface area contributed by atoms with Crippen LogP contribution in [0.2, 0.25) is 0 Å². The van der Waals surface area contributed by atoms with Crippen LogP contribution in [-0.4, -0.2) is 4.57 Å². The second-order valence-electron chi connectivity index (χ2n) is 14.9. The van der Waals surface area contributed by atoms with Crippen LogP contribution < -0.4 is 4.90 Å². The van der Waals surface area contributed by atoms with Gasteiger partial charge in [-0.3, -0.25) is 0 Å². The normalized spacial score (nSPS) is 11.4. The predicted octanol–water partition coefficient (Wildman–Crippen LogP) is 15.6. The maximum absolute atomic E-state index is 2.48. The fraction of sp³-hybridized carbons (Fsp3) is 0. The van der Waals surface area contributed by atoms with Crippen LogP contribution in [0.25, 0.3) is 82.4 Å². The summed E-state index contributed by atoms with van der Waals surface area (Å²) < 4.78 is 2.47. The summed E-state index contributed by atoms with van der Waals surface area (Å²) in [7, 11) is 0. The molecule has 11 rings (SSSR count). The molecule has 0 atom stereocenters. The van der Waals surface area contributed by atoms with Gasteiger partial charge in [0, 0.05) is 33.0 Å². The van der Waals surface area contributed by atoms with Gasteiger partial charge in [0.15, 0.2) is 0 Å². The number of hydrogen-bond donors (Lipinski definition) is 0. The van der Waals surface area contributed by atoms with Crippen LogP contribution in [0.4, 0.5) is 17.1 Å². The second-order valence-corrected chi connectivity index (χ2v) is 14.9. The van der Waals surface area contributed by atoms with E-state index in [1.165, 1.54) is 71.2 Å². The van der Waals surface area contributed by atoms with Gasteiger partial charge in [0.2, 0.25) is 0 Å². The zero-order valence-electron chi connectivity index (χ0n) is 31.8. The molecule has 0 unspecified atom stereocenters. The van der Waals surface area contributed by atoms with Crippen molar-refractivity contribution >= 4 is 60.4 Å². The third kappa shape index (κ3) is 5.66. The highest BCUT2D eigenvalue weighted by Gasteiger charge is 2.23. The quantitative estimate of drug-likeness (QED) is 0.148. The van der Waals surface area contributed by atoms with Gasteiger partial charge in [-0.25, -0.2) is 0 Å². The van der Waals surface area contributed by atoms with E-state index in [2.05, 4.69) is 240 Å². The molecule has 2 heteroatoms. The van der Waals surface area contributed by atoms with Crippen molar-refractivity contribution in [1.82, 2.24) is 4.57 Å². The lowest BCUT2D eigenvalue weighted by atomic mass is 9.97. The average molecular weight is 739 g/mol. The third-order valence-corrected chi connectivity index (χ3v) is 11.6. The summed E-state index contributed by atoms with van der Waals surface area (Å²) in [6.07, 6.45) is 0. The molecule has 0 spiro atoms. The van der Waals surface area contributed by atoms with E-state index in [4.69, 9.17) is 0 Å². The monoisotopic (exact) mass is 738 g/mol. The molecule has 0 fully saturated rings. The molecule has 0 aliphatic rings. The van der Waals surface area contributed by atoms with E-state index in [-0.39, 0.29) is 0 Å². The summed E-state index contributed by atoms with van der Waals surface area (Å²) in [6.45, 7) is 0. The minimum absolute atomic E-state index is 1.09. The van der Waals surface area contributed by atoms with E-state index in [1.54, 1.807) is 0 Å². The Morgan fingerprint density at radius 2 is 0.879 bits per heavy atom. The molecule has 0 aliphatic heterocycles. The fourth-order valence-corrected chi connectivity index (χ4v) is 8.93. The number of anilines is 3. The lowest BCUT2D eigenvalue weighted by Gasteiger charge is -2.30. The van der Waals surface area contributed by atoms with Crippen molar-refractivity contribution in [3.8, 4) is 39.1 Å². The third-order valence-electron chi connectivity index (χ3n) is 11.6. The van der Waals surface area contributed by atoms with Gasteiger partial charge in [0.05, 0.1) is 28.1 Å². The minimum Gasteiger partial charge on any atom is -0.309 e. The van der Waals surface area contributed by atoms with Gasteiger partial charge < -0.3 is 9.47 Å². The van der Waals surface area contributed by atoms with E-state index in [0.29, 0.717) is 0 Å². The highest BCUT2D eigenvalue weighted by molar-refractivity contribution is 6.16. The first-order valence-corrected chi connectivity index (χ1v) is 19.9. The first kappa shape index (κ1) is 33.6. The Kier molecular flexibility index (Phi) is 8.19. The van der Waals surface area contributed by atoms with Gasteiger partial charge >= 0.3 is 0 Å². The van der Waals surface area contributed by atoms with E-state index in [9.17, 15) is 0 Å². The molecule has 272 valence electrons. The highest BCUT2D eigenvalue weighted by atomic mass is 15.1. The summed E-state index contributed by atoms with van der Waals surface area (Å²) >= 11 is 0. The molecule has 0 saturated carbocycles. The van der Waals surface area contributed by atoms with Crippen LogP contribution in [-0.2, 0) is 0 Å². The Balaban J connectivity index is 1.19. The van der Waals surface area contributed by atoms with E-state index < -0.39 is 0 Å². The Morgan fingerprint density at radius 3 is 1.71 bits per heavy atom. The summed E-state index contributed by atoms with van der Waals surface area (Å²) in [5.41, 5.74) is 13.9. The van der Waals surface area contributed by atoms with Gasteiger partial charge in [0.1, 0.15) is 0 Å². The number of fused-ring (bicyclic) bond motifs is 6. The molecule has 0 bridgehead atoms. The Morgan fingerprint density at radius 1 is 0.293 bits per heavy atom. The van der Waals surface area contributed by atoms with E-state index in [1.807, 2.05) is 0 Å². The van der Waals surface area contributed by atoms with E-state index >= 15 is 0 Å². The standard InChI is InChI=1S/C56H38N2/c1-3-18-39(19-4-1)41-23-17-24-42(36-41)47-27-12-15-32-53(47)58-54-33-16-13-30-50(54)51-35-34-44(38-56(51)58)57(52-31-14-11-26-46(52)40-20-5-2-6-21-40)55-37-43-22-7-8-25-45(43)48-28-9-10-29-49(48)55/h1-38H. The zero-order chi connectivity index (χ0) is 38.4. The van der Waals surface area contributed by atoms with Crippen molar-refractivity contribution in [3.05, 3.63) is 231 Å². The van der Waals surface area contributed by atoms with Gasteiger partial charge in [0.25, 0.3) is 0 Å². The average Bonchev–Trinajstić information content (AvgIpc) is 3.63. The number of benzene rings is 10. The molecule has 0 radical (unpaired) electrons. The number of para-hydroxylation sites is 3. The van der Waals surface area contributed by atoms with Gasteiger partial charge in [-0.05, 0) is 80.9 Å². The molecule has 0 amide bonds. The summed E-state index contributed by atoms with van der Waals surface area (Å²) in [5, 5.41) is 7.34. The second kappa shape index (κ2) is 14.1. The summed E-state index contributed by atoms with van der Waals surface area (Å²) in [5.74, 6) is 0. The lowest BCUT2D eigenvalue weighted by Crippen LogP contribution is -2.12. The van der Waals surface area contributed by atoms with Gasteiger partial charge in [-0.2, -0.15) is 0 Å². The summed E-state index contributed by atoms with van der Waals surface area (Å²) in [4.78, 5) is 2.48. The summed E-state index contributed by atoms with van der Waals surface area (Å²) in [6, 6.07) is 83.8. The topological polar surface area (TPSA) is 8.17 Å². The van der Waals surface area contributed by atoms with Gasteiger partial charge in [-0.1, -0.05) is 188 Å². The molecule has 0 N–H and O–H groups in total. The van der Waals surface area contributed by atoms with Crippen LogP contribution in [0.15, 0.2) is 231 Å². The first-order valence-electron chi connectivity index (χ1n) is 19.9. The van der Waals surface area contributed by atoms with Crippen LogP contribution >= 0.6 is 0 Å². The van der Waals surface area contributed by atoms with Crippen LogP contribution in [0.3, 0.4) is 0 Å². The maximum atomic E-state index is 2.48. The van der Waals surface area contributed by atoms with Crippen molar-refractivity contribution in [2.24, 2.45) is 0 Å². The Bertz CT molecular complexity index is 3290. The highest BCUT2D eigenvalue weighted by Crippen LogP contribution is 2.47. The van der Waals surface area contributed by atoms with Crippen LogP contribution in [0.5, 0.6) is 0 Å². The van der Waals surface area contributed by atoms with Crippen molar-refractivity contribution in [1.29, 1.82) is 0 Å². The molecule has 1 aromatic heterocycles. The van der Waals surface area contributed by atoms with Crippen molar-refractivity contribution < 1.29 is 0 Å². The number of rotatable bonds is 7. The fourth-order valence-electron chi connectivity index (χ4n) is 8.93. The lowest BCUT2D eigenvalue weighted by molar-refractivity contribution is 1.18. The zero-order valence-corrected chi connectivity index (χ0v) is 31.8. The molecule has 0 aliphatic carbocycles. The Hall–Kier alpha value is -7.68. The molecule has 11 aromatic rings. The first-order chi connectivity index (χ1) is 28.8. The van der Waals surface area contributed by atoms with Crippen molar-refractivity contribution in [3.63, 3.8) is 0 Å². The molecular formula is C56H38N2. The smallest absolute Gasteiger partial charge is 0.0562 e. The number of nitrogens with zero attached hydrogens (tertiary/aromatic N) is 2. The van der Waals surface area contributed by atoms with Crippen LogP contribution in [0, 0.1) is 0 Å². The van der Waals surface area contributed by atoms with Gasteiger partial charge in [-0.15, -0.1) is 0 Å². The molecular weight excluding hydrogens is 701 g/mol. The molecule has 10 aromatic carbocycles. The van der Waals surface area contributed by atoms with Crippen molar-refractivity contribution in [2.75, 3.05) is 4.90 Å². The largest absolute Gasteiger partial charge is 0.309 e. The molecule has 1 heterocycles. The minimum atomic E-state index is 1.09. The maximum Gasteiger partial charge on any atom is 0.0562 e. The van der Waals surface area contributed by atoms with Crippen molar-refractivity contribution in [2.45, 2.75) is 0 Å². The number of hydrogen-bond acceptors (Lipinski definition) is 1. The SMILES string of the molecule is c1ccc(-c2cccc(-c3ccccc3-n3c4ccccc4c4ccc(N(c5ccccc5-c5ccccc5)c5cc6ccccc6c6ccccc56)cc43)c2)cc1. The van der Waals surface area contributed by atoms with E-state index in [0.717, 1.165) is 28.3 Å². The Labute approximate surface area is 338 Å².